The first kappa shape index (κ1) is 14.9. The average molecular weight is 299 g/mol. The Morgan fingerprint density at radius 2 is 2.27 bits per heavy atom. The maximum absolute atomic E-state index is 5.87. The van der Waals surface area contributed by atoms with Crippen LogP contribution in [-0.2, 0) is 11.3 Å². The first-order valence-electron chi connectivity index (χ1n) is 7.67. The summed E-state index contributed by atoms with van der Waals surface area (Å²) >= 11 is 0. The highest BCUT2D eigenvalue weighted by Gasteiger charge is 2.22. The third kappa shape index (κ3) is 3.81. The molecule has 0 aromatic carbocycles. The molecule has 2 aromatic rings. The van der Waals surface area contributed by atoms with Gasteiger partial charge in [-0.05, 0) is 18.6 Å². The number of pyridine rings is 2. The van der Waals surface area contributed by atoms with Crippen LogP contribution in [0.25, 0.3) is 0 Å². The van der Waals surface area contributed by atoms with Crippen molar-refractivity contribution in [2.45, 2.75) is 19.6 Å². The fourth-order valence-electron chi connectivity index (χ4n) is 2.61. The van der Waals surface area contributed by atoms with Gasteiger partial charge in [-0.15, -0.1) is 0 Å². The molecule has 2 aromatic heterocycles. The lowest BCUT2D eigenvalue weighted by Crippen LogP contribution is -2.37. The van der Waals surface area contributed by atoms with E-state index < -0.39 is 0 Å². The summed E-state index contributed by atoms with van der Waals surface area (Å²) in [5.41, 5.74) is 2.33. The smallest absolute Gasteiger partial charge is 0.213 e. The first-order chi connectivity index (χ1) is 10.8. The predicted molar refractivity (Wildman–Crippen MR) is 83.6 cm³/mol. The Labute approximate surface area is 130 Å². The summed E-state index contributed by atoms with van der Waals surface area (Å²) in [6.07, 6.45) is 5.65. The molecule has 0 saturated carbocycles. The van der Waals surface area contributed by atoms with Crippen LogP contribution in [0.15, 0.2) is 42.9 Å². The predicted octanol–water partition coefficient (Wildman–Crippen LogP) is 2.45. The van der Waals surface area contributed by atoms with Crippen LogP contribution in [0, 0.1) is 0 Å². The zero-order valence-electron chi connectivity index (χ0n) is 12.8. The average Bonchev–Trinajstić information content (AvgIpc) is 2.58. The van der Waals surface area contributed by atoms with Crippen molar-refractivity contribution in [1.29, 1.82) is 0 Å². The van der Waals surface area contributed by atoms with Crippen molar-refractivity contribution in [2.24, 2.45) is 0 Å². The van der Waals surface area contributed by atoms with Crippen LogP contribution < -0.4 is 4.74 Å². The molecule has 0 unspecified atom stereocenters. The highest BCUT2D eigenvalue weighted by molar-refractivity contribution is 5.18. The fraction of sp³-hybridized carbons (Fsp3) is 0.412. The molecule has 0 amide bonds. The van der Waals surface area contributed by atoms with Gasteiger partial charge in [0.1, 0.15) is 0 Å². The van der Waals surface area contributed by atoms with Crippen molar-refractivity contribution in [3.05, 3.63) is 54.0 Å². The van der Waals surface area contributed by atoms with Crippen molar-refractivity contribution < 1.29 is 9.47 Å². The second-order valence-corrected chi connectivity index (χ2v) is 5.32. The Balaban J connectivity index is 1.60. The van der Waals surface area contributed by atoms with Crippen molar-refractivity contribution in [2.75, 3.05) is 26.3 Å². The number of morpholine rings is 1. The van der Waals surface area contributed by atoms with Crippen LogP contribution >= 0.6 is 0 Å². The third-order valence-corrected chi connectivity index (χ3v) is 3.70. The Morgan fingerprint density at radius 3 is 3.00 bits per heavy atom. The number of aromatic nitrogens is 2. The van der Waals surface area contributed by atoms with E-state index in [1.54, 1.807) is 6.20 Å². The highest BCUT2D eigenvalue weighted by Crippen LogP contribution is 2.22. The lowest BCUT2D eigenvalue weighted by atomic mass is 10.1. The van der Waals surface area contributed by atoms with E-state index in [0.717, 1.165) is 31.8 Å². The van der Waals surface area contributed by atoms with Crippen LogP contribution in [-0.4, -0.2) is 41.2 Å². The molecule has 0 bridgehead atoms. The molecular weight excluding hydrogens is 278 g/mol. The topological polar surface area (TPSA) is 47.5 Å². The quantitative estimate of drug-likeness (QED) is 0.848. The Morgan fingerprint density at radius 1 is 1.32 bits per heavy atom. The summed E-state index contributed by atoms with van der Waals surface area (Å²) in [6.45, 7) is 6.02. The van der Waals surface area contributed by atoms with Gasteiger partial charge in [0, 0.05) is 49.9 Å². The number of rotatable bonds is 5. The van der Waals surface area contributed by atoms with Crippen LogP contribution in [0.3, 0.4) is 0 Å². The zero-order valence-corrected chi connectivity index (χ0v) is 12.8. The highest BCUT2D eigenvalue weighted by atomic mass is 16.5. The maximum atomic E-state index is 5.87. The van der Waals surface area contributed by atoms with Crippen LogP contribution in [0.1, 0.15) is 24.2 Å². The van der Waals surface area contributed by atoms with Gasteiger partial charge >= 0.3 is 0 Å². The minimum absolute atomic E-state index is 0.0955. The molecule has 3 rings (SSSR count). The lowest BCUT2D eigenvalue weighted by Gasteiger charge is -2.33. The molecule has 1 fully saturated rings. The molecule has 22 heavy (non-hydrogen) atoms. The minimum Gasteiger partial charge on any atom is -0.478 e. The molecular formula is C17H21N3O2. The molecule has 0 aliphatic carbocycles. The van der Waals surface area contributed by atoms with E-state index in [4.69, 9.17) is 9.47 Å². The molecule has 5 nitrogen and oxygen atoms in total. The summed E-state index contributed by atoms with van der Waals surface area (Å²) in [6, 6.07) is 8.03. The summed E-state index contributed by atoms with van der Waals surface area (Å²) in [4.78, 5) is 10.9. The van der Waals surface area contributed by atoms with Gasteiger partial charge in [0.2, 0.25) is 5.88 Å². The molecule has 1 atom stereocenters. The van der Waals surface area contributed by atoms with E-state index in [-0.39, 0.29) is 6.10 Å². The molecule has 1 saturated heterocycles. The Kier molecular flexibility index (Phi) is 4.98. The number of hydrogen-bond donors (Lipinski definition) is 0. The van der Waals surface area contributed by atoms with Crippen molar-refractivity contribution in [1.82, 2.24) is 14.9 Å². The SMILES string of the molecule is CCOc1ccc(CN2CCO[C@H](c3cccnc3)C2)cn1. The van der Waals surface area contributed by atoms with Crippen molar-refractivity contribution in [3.63, 3.8) is 0 Å². The summed E-state index contributed by atoms with van der Waals surface area (Å²) in [5.74, 6) is 0.682. The summed E-state index contributed by atoms with van der Waals surface area (Å²) in [5, 5.41) is 0. The number of ether oxygens (including phenoxy) is 2. The van der Waals surface area contributed by atoms with Crippen LogP contribution in [0.4, 0.5) is 0 Å². The normalized spacial score (nSPS) is 19.0. The molecule has 0 radical (unpaired) electrons. The molecule has 1 aliphatic rings. The van der Waals surface area contributed by atoms with E-state index >= 15 is 0 Å². The van der Waals surface area contributed by atoms with Gasteiger partial charge in [-0.2, -0.15) is 0 Å². The van der Waals surface area contributed by atoms with E-state index in [0.29, 0.717) is 12.5 Å². The Bertz CT molecular complexity index is 574. The van der Waals surface area contributed by atoms with E-state index in [2.05, 4.69) is 27.0 Å². The van der Waals surface area contributed by atoms with Gasteiger partial charge in [-0.3, -0.25) is 9.88 Å². The summed E-state index contributed by atoms with van der Waals surface area (Å²) < 4.78 is 11.2. The molecule has 3 heterocycles. The van der Waals surface area contributed by atoms with Crippen molar-refractivity contribution >= 4 is 0 Å². The maximum Gasteiger partial charge on any atom is 0.213 e. The van der Waals surface area contributed by atoms with Crippen LogP contribution in [0.5, 0.6) is 5.88 Å². The van der Waals surface area contributed by atoms with E-state index in [1.807, 2.05) is 31.5 Å². The largest absolute Gasteiger partial charge is 0.478 e. The second-order valence-electron chi connectivity index (χ2n) is 5.32. The van der Waals surface area contributed by atoms with Gasteiger partial charge < -0.3 is 9.47 Å². The van der Waals surface area contributed by atoms with Crippen molar-refractivity contribution in [3.8, 4) is 5.88 Å². The fourth-order valence-corrected chi connectivity index (χ4v) is 2.61. The van der Waals surface area contributed by atoms with E-state index in [9.17, 15) is 0 Å². The van der Waals surface area contributed by atoms with Gasteiger partial charge in [-0.25, -0.2) is 4.98 Å². The molecule has 1 aliphatic heterocycles. The van der Waals surface area contributed by atoms with E-state index in [1.165, 1.54) is 5.56 Å². The van der Waals surface area contributed by atoms with Gasteiger partial charge in [0.15, 0.2) is 0 Å². The van der Waals surface area contributed by atoms with Gasteiger partial charge in [0.05, 0.1) is 19.3 Å². The first-order valence-corrected chi connectivity index (χ1v) is 7.67. The molecule has 116 valence electrons. The zero-order chi connectivity index (χ0) is 15.2. The third-order valence-electron chi connectivity index (χ3n) is 3.70. The monoisotopic (exact) mass is 299 g/mol. The molecule has 0 spiro atoms. The lowest BCUT2D eigenvalue weighted by molar-refractivity contribution is -0.0331. The minimum atomic E-state index is 0.0955. The number of hydrogen-bond acceptors (Lipinski definition) is 5. The second kappa shape index (κ2) is 7.33. The number of nitrogens with zero attached hydrogens (tertiary/aromatic N) is 3. The van der Waals surface area contributed by atoms with Crippen LogP contribution in [0.2, 0.25) is 0 Å². The Hall–Kier alpha value is -1.98. The standard InChI is InChI=1S/C17H21N3O2/c1-2-21-17-6-5-14(10-19-17)12-20-8-9-22-16(13-20)15-4-3-7-18-11-15/h3-7,10-11,16H,2,8-9,12-13H2,1H3/t16-/m0/s1. The molecule has 0 N–H and O–H groups in total. The summed E-state index contributed by atoms with van der Waals surface area (Å²) in [7, 11) is 0. The van der Waals surface area contributed by atoms with Gasteiger partial charge in [-0.1, -0.05) is 12.1 Å². The molecule has 5 heteroatoms. The van der Waals surface area contributed by atoms with Gasteiger partial charge in [0.25, 0.3) is 0 Å².